The van der Waals surface area contributed by atoms with Crippen LogP contribution in [0.1, 0.15) is 25.0 Å². The normalized spacial score (nSPS) is 14.3. The van der Waals surface area contributed by atoms with Gasteiger partial charge in [0, 0.05) is 17.8 Å². The highest BCUT2D eigenvalue weighted by molar-refractivity contribution is 7.98. The molecule has 0 aliphatic carbocycles. The first-order valence-corrected chi connectivity index (χ1v) is 7.88. The van der Waals surface area contributed by atoms with Crippen LogP contribution in [0, 0.1) is 13.8 Å². The van der Waals surface area contributed by atoms with Gasteiger partial charge in [0.2, 0.25) is 0 Å². The van der Waals surface area contributed by atoms with Crippen molar-refractivity contribution in [3.63, 3.8) is 0 Å². The molecular formula is C15H25NOS. The lowest BCUT2D eigenvalue weighted by atomic mass is 10.1. The van der Waals surface area contributed by atoms with Gasteiger partial charge in [-0.2, -0.15) is 11.8 Å². The van der Waals surface area contributed by atoms with Crippen LogP contribution < -0.4 is 10.1 Å². The summed E-state index contributed by atoms with van der Waals surface area (Å²) in [5.41, 5.74) is 2.42. The van der Waals surface area contributed by atoms with E-state index >= 15 is 0 Å². The lowest BCUT2D eigenvalue weighted by Crippen LogP contribution is -2.39. The van der Waals surface area contributed by atoms with Gasteiger partial charge in [0.15, 0.2) is 0 Å². The van der Waals surface area contributed by atoms with Crippen LogP contribution in [-0.2, 0) is 0 Å². The van der Waals surface area contributed by atoms with Crippen molar-refractivity contribution in [2.24, 2.45) is 0 Å². The van der Waals surface area contributed by atoms with E-state index in [0.29, 0.717) is 18.7 Å². The number of nitrogens with one attached hydrogen (secondary N) is 1. The SMILES string of the molecule is CSC[C@@H](C)N[C@H](C)COc1c(C)cccc1C. The Morgan fingerprint density at radius 2 is 1.78 bits per heavy atom. The Morgan fingerprint density at radius 3 is 2.33 bits per heavy atom. The molecule has 0 spiro atoms. The minimum absolute atomic E-state index is 0.367. The number of benzene rings is 1. The molecular weight excluding hydrogens is 242 g/mol. The molecule has 0 unspecified atom stereocenters. The van der Waals surface area contributed by atoms with Gasteiger partial charge in [0.1, 0.15) is 12.4 Å². The van der Waals surface area contributed by atoms with Gasteiger partial charge in [0.25, 0.3) is 0 Å². The van der Waals surface area contributed by atoms with E-state index in [0.717, 1.165) is 11.5 Å². The van der Waals surface area contributed by atoms with Gasteiger partial charge in [0.05, 0.1) is 0 Å². The van der Waals surface area contributed by atoms with Gasteiger partial charge in [-0.1, -0.05) is 18.2 Å². The Hall–Kier alpha value is -0.670. The molecule has 0 heterocycles. The number of para-hydroxylation sites is 1. The molecule has 2 nitrogen and oxygen atoms in total. The third-order valence-corrected chi connectivity index (χ3v) is 3.71. The summed E-state index contributed by atoms with van der Waals surface area (Å²) < 4.78 is 5.94. The molecule has 0 aliphatic rings. The van der Waals surface area contributed by atoms with E-state index in [-0.39, 0.29) is 0 Å². The highest BCUT2D eigenvalue weighted by Crippen LogP contribution is 2.22. The summed E-state index contributed by atoms with van der Waals surface area (Å²) in [6.45, 7) is 9.29. The molecule has 0 saturated carbocycles. The molecule has 0 fully saturated rings. The second-order valence-corrected chi connectivity index (χ2v) is 5.87. The first-order valence-electron chi connectivity index (χ1n) is 6.48. The smallest absolute Gasteiger partial charge is 0.125 e. The molecule has 1 aromatic rings. The minimum Gasteiger partial charge on any atom is -0.491 e. The number of hydrogen-bond acceptors (Lipinski definition) is 3. The van der Waals surface area contributed by atoms with Crippen LogP contribution in [0.2, 0.25) is 0 Å². The van der Waals surface area contributed by atoms with E-state index in [1.54, 1.807) is 0 Å². The van der Waals surface area contributed by atoms with E-state index in [1.807, 2.05) is 11.8 Å². The minimum atomic E-state index is 0.367. The summed E-state index contributed by atoms with van der Waals surface area (Å²) in [6, 6.07) is 7.15. The van der Waals surface area contributed by atoms with Crippen LogP contribution in [0.4, 0.5) is 0 Å². The Morgan fingerprint density at radius 1 is 1.17 bits per heavy atom. The standard InChI is InChI=1S/C15H25NOS/c1-11-7-6-8-12(2)15(11)17-9-13(3)16-14(4)10-18-5/h6-8,13-14,16H,9-10H2,1-5H3/t13-,14-/m1/s1. The molecule has 0 amide bonds. The molecule has 0 bridgehead atoms. The molecule has 102 valence electrons. The summed E-state index contributed by atoms with van der Waals surface area (Å²) in [7, 11) is 0. The van der Waals surface area contributed by atoms with Crippen molar-refractivity contribution in [3.8, 4) is 5.75 Å². The van der Waals surface area contributed by atoms with Crippen molar-refractivity contribution in [3.05, 3.63) is 29.3 Å². The van der Waals surface area contributed by atoms with Gasteiger partial charge in [-0.05, 0) is 45.1 Å². The Bertz CT molecular complexity index is 347. The zero-order chi connectivity index (χ0) is 13.5. The van der Waals surface area contributed by atoms with Gasteiger partial charge in [-0.3, -0.25) is 0 Å². The lowest BCUT2D eigenvalue weighted by Gasteiger charge is -2.21. The van der Waals surface area contributed by atoms with Crippen molar-refractivity contribution in [2.45, 2.75) is 39.8 Å². The lowest BCUT2D eigenvalue weighted by molar-refractivity contribution is 0.263. The van der Waals surface area contributed by atoms with E-state index in [9.17, 15) is 0 Å². The molecule has 0 saturated heterocycles. The van der Waals surface area contributed by atoms with E-state index in [1.165, 1.54) is 11.1 Å². The maximum atomic E-state index is 5.94. The van der Waals surface area contributed by atoms with Crippen LogP contribution in [0.5, 0.6) is 5.75 Å². The molecule has 0 aromatic heterocycles. The summed E-state index contributed by atoms with van der Waals surface area (Å²) in [6.07, 6.45) is 2.13. The number of ether oxygens (including phenoxy) is 1. The van der Waals surface area contributed by atoms with Gasteiger partial charge in [-0.15, -0.1) is 0 Å². The van der Waals surface area contributed by atoms with Crippen LogP contribution in [0.3, 0.4) is 0 Å². The Kier molecular flexibility index (Phi) is 6.58. The zero-order valence-electron chi connectivity index (χ0n) is 12.1. The second-order valence-electron chi connectivity index (χ2n) is 4.96. The first kappa shape index (κ1) is 15.4. The average Bonchev–Trinajstić information content (AvgIpc) is 2.28. The fourth-order valence-electron chi connectivity index (χ4n) is 2.07. The van der Waals surface area contributed by atoms with Crippen molar-refractivity contribution >= 4 is 11.8 Å². The molecule has 18 heavy (non-hydrogen) atoms. The number of thioether (sulfide) groups is 1. The average molecular weight is 267 g/mol. The fourth-order valence-corrected chi connectivity index (χ4v) is 2.66. The van der Waals surface area contributed by atoms with Crippen LogP contribution in [0.15, 0.2) is 18.2 Å². The van der Waals surface area contributed by atoms with Gasteiger partial charge >= 0.3 is 0 Å². The van der Waals surface area contributed by atoms with Crippen LogP contribution >= 0.6 is 11.8 Å². The van der Waals surface area contributed by atoms with Crippen molar-refractivity contribution in [1.29, 1.82) is 0 Å². The highest BCUT2D eigenvalue weighted by atomic mass is 32.2. The topological polar surface area (TPSA) is 21.3 Å². The monoisotopic (exact) mass is 267 g/mol. The Balaban J connectivity index is 2.45. The quantitative estimate of drug-likeness (QED) is 0.818. The largest absolute Gasteiger partial charge is 0.491 e. The fraction of sp³-hybridized carbons (Fsp3) is 0.600. The summed E-state index contributed by atoms with van der Waals surface area (Å²) >= 11 is 1.87. The van der Waals surface area contributed by atoms with Crippen molar-refractivity contribution in [2.75, 3.05) is 18.6 Å². The summed E-state index contributed by atoms with van der Waals surface area (Å²) in [5, 5.41) is 3.54. The maximum Gasteiger partial charge on any atom is 0.125 e. The summed E-state index contributed by atoms with van der Waals surface area (Å²) in [4.78, 5) is 0. The van der Waals surface area contributed by atoms with Gasteiger partial charge < -0.3 is 10.1 Å². The highest BCUT2D eigenvalue weighted by Gasteiger charge is 2.09. The summed E-state index contributed by atoms with van der Waals surface area (Å²) in [5.74, 6) is 2.16. The predicted octanol–water partition coefficient (Wildman–Crippen LogP) is 3.41. The van der Waals surface area contributed by atoms with Crippen LogP contribution in [-0.4, -0.2) is 30.7 Å². The van der Waals surface area contributed by atoms with Gasteiger partial charge in [-0.25, -0.2) is 0 Å². The molecule has 2 atom stereocenters. The number of rotatable bonds is 7. The third-order valence-electron chi connectivity index (χ3n) is 2.87. The predicted molar refractivity (Wildman–Crippen MR) is 81.9 cm³/mol. The Labute approximate surface area is 116 Å². The zero-order valence-corrected chi connectivity index (χ0v) is 12.9. The van der Waals surface area contributed by atoms with Crippen LogP contribution in [0.25, 0.3) is 0 Å². The molecule has 1 aromatic carbocycles. The van der Waals surface area contributed by atoms with Crippen molar-refractivity contribution < 1.29 is 4.74 Å². The number of hydrogen-bond donors (Lipinski definition) is 1. The molecule has 3 heteroatoms. The number of aryl methyl sites for hydroxylation is 2. The molecule has 0 radical (unpaired) electrons. The van der Waals surface area contributed by atoms with Crippen molar-refractivity contribution in [1.82, 2.24) is 5.32 Å². The molecule has 1 rings (SSSR count). The molecule has 1 N–H and O–H groups in total. The van der Waals surface area contributed by atoms with E-state index in [4.69, 9.17) is 4.74 Å². The van der Waals surface area contributed by atoms with E-state index in [2.05, 4.69) is 57.5 Å². The van der Waals surface area contributed by atoms with E-state index < -0.39 is 0 Å². The maximum absolute atomic E-state index is 5.94. The first-order chi connectivity index (χ1) is 8.54. The third kappa shape index (κ3) is 4.91. The molecule has 0 aliphatic heterocycles. The second kappa shape index (κ2) is 7.70.